The second-order valence-corrected chi connectivity index (χ2v) is 6.59. The Labute approximate surface area is 129 Å². The molecule has 114 valence electrons. The molecule has 3 rings (SSSR count). The van der Waals surface area contributed by atoms with Gasteiger partial charge in [0.05, 0.1) is 11.5 Å². The molecule has 0 aromatic carbocycles. The molecule has 0 radical (unpaired) electrons. The molecule has 1 unspecified atom stereocenters. The second-order valence-electron chi connectivity index (χ2n) is 5.47. The lowest BCUT2D eigenvalue weighted by Gasteiger charge is -2.18. The van der Waals surface area contributed by atoms with Gasteiger partial charge in [0.2, 0.25) is 5.95 Å². The number of anilines is 2. The third-order valence-corrected chi connectivity index (χ3v) is 4.94. The monoisotopic (exact) mass is 306 g/mol. The van der Waals surface area contributed by atoms with Gasteiger partial charge in [-0.05, 0) is 25.3 Å². The van der Waals surface area contributed by atoms with Crippen LogP contribution in [0.1, 0.15) is 31.6 Å². The number of fused-ring (bicyclic) bond motifs is 1. The predicted molar refractivity (Wildman–Crippen MR) is 88.4 cm³/mol. The average Bonchev–Trinajstić information content (AvgIpc) is 3.09. The van der Waals surface area contributed by atoms with Crippen molar-refractivity contribution in [3.05, 3.63) is 10.9 Å². The third kappa shape index (κ3) is 2.96. The summed E-state index contributed by atoms with van der Waals surface area (Å²) >= 11 is 1.74. The van der Waals surface area contributed by atoms with Gasteiger partial charge in [-0.1, -0.05) is 13.8 Å². The molecule has 6 heteroatoms. The highest BCUT2D eigenvalue weighted by Gasteiger charge is 2.24. The lowest BCUT2D eigenvalue weighted by Crippen LogP contribution is -2.23. The van der Waals surface area contributed by atoms with E-state index in [1.54, 1.807) is 11.3 Å². The Balaban J connectivity index is 2.03. The van der Waals surface area contributed by atoms with E-state index < -0.39 is 0 Å². The molecule has 1 aliphatic heterocycles. The zero-order valence-corrected chi connectivity index (χ0v) is 13.4. The van der Waals surface area contributed by atoms with Gasteiger partial charge in [-0.15, -0.1) is 11.3 Å². The van der Waals surface area contributed by atoms with E-state index >= 15 is 0 Å². The number of rotatable bonds is 5. The maximum Gasteiger partial charge on any atom is 0.226 e. The van der Waals surface area contributed by atoms with Gasteiger partial charge in [0.15, 0.2) is 0 Å². The summed E-state index contributed by atoms with van der Waals surface area (Å²) < 4.78 is 0. The lowest BCUT2D eigenvalue weighted by molar-refractivity contribution is 0.198. The van der Waals surface area contributed by atoms with Gasteiger partial charge in [-0.3, -0.25) is 0 Å². The Kier molecular flexibility index (Phi) is 4.26. The van der Waals surface area contributed by atoms with Crippen LogP contribution >= 0.6 is 11.3 Å². The molecule has 2 aromatic heterocycles. The number of thiophene rings is 1. The van der Waals surface area contributed by atoms with Crippen LogP contribution in [0.3, 0.4) is 0 Å². The van der Waals surface area contributed by atoms with Crippen LogP contribution in [0, 0.1) is 0 Å². The number of nitrogens with zero attached hydrogens (tertiary/aromatic N) is 3. The number of hydrogen-bond donors (Lipinski definition) is 2. The van der Waals surface area contributed by atoms with Gasteiger partial charge in [0, 0.05) is 24.5 Å². The Hall–Kier alpha value is -1.40. The zero-order chi connectivity index (χ0) is 14.8. The Bertz CT molecular complexity index is 627. The highest BCUT2D eigenvalue weighted by atomic mass is 32.1. The van der Waals surface area contributed by atoms with Crippen molar-refractivity contribution in [3.8, 4) is 0 Å². The Morgan fingerprint density at radius 1 is 1.43 bits per heavy atom. The molecule has 0 amide bonds. The van der Waals surface area contributed by atoms with Crippen LogP contribution in [-0.4, -0.2) is 40.8 Å². The Morgan fingerprint density at radius 3 is 2.95 bits per heavy atom. The molecule has 2 N–H and O–H groups in total. The fourth-order valence-corrected chi connectivity index (χ4v) is 3.58. The quantitative estimate of drug-likeness (QED) is 0.889. The average molecular weight is 306 g/mol. The molecule has 0 saturated carbocycles. The number of hydrogen-bond acceptors (Lipinski definition) is 6. The molecule has 1 fully saturated rings. The molecule has 0 bridgehead atoms. The second kappa shape index (κ2) is 6.15. The van der Waals surface area contributed by atoms with E-state index in [-0.39, 0.29) is 6.10 Å². The van der Waals surface area contributed by atoms with Crippen LogP contribution in [0.2, 0.25) is 0 Å². The van der Waals surface area contributed by atoms with Crippen LogP contribution in [0.25, 0.3) is 10.2 Å². The number of nitrogens with one attached hydrogen (secondary N) is 1. The smallest absolute Gasteiger partial charge is 0.226 e. The summed E-state index contributed by atoms with van der Waals surface area (Å²) in [5.74, 6) is 1.66. The summed E-state index contributed by atoms with van der Waals surface area (Å²) in [6.07, 6.45) is 2.63. The number of aliphatic hydroxyl groups excluding tert-OH is 1. The largest absolute Gasteiger partial charge is 0.391 e. The summed E-state index contributed by atoms with van der Waals surface area (Å²) in [5.41, 5.74) is 0. The molecule has 5 nitrogen and oxygen atoms in total. The molecular weight excluding hydrogens is 284 g/mol. The van der Waals surface area contributed by atoms with Crippen molar-refractivity contribution in [3.63, 3.8) is 0 Å². The molecule has 2 aromatic rings. The highest BCUT2D eigenvalue weighted by molar-refractivity contribution is 7.18. The van der Waals surface area contributed by atoms with Gasteiger partial charge < -0.3 is 15.3 Å². The van der Waals surface area contributed by atoms with Crippen LogP contribution in [0.15, 0.2) is 6.07 Å². The maximum atomic E-state index is 9.80. The summed E-state index contributed by atoms with van der Waals surface area (Å²) in [6, 6.07) is 2.20. The van der Waals surface area contributed by atoms with E-state index in [9.17, 15) is 5.11 Å². The molecule has 1 aliphatic rings. The van der Waals surface area contributed by atoms with Crippen LogP contribution < -0.4 is 10.2 Å². The predicted octanol–water partition coefficient (Wildman–Crippen LogP) is 2.65. The van der Waals surface area contributed by atoms with Crippen molar-refractivity contribution in [2.24, 2.45) is 0 Å². The molecule has 0 aliphatic carbocycles. The van der Waals surface area contributed by atoms with Crippen molar-refractivity contribution in [2.75, 3.05) is 29.9 Å². The summed E-state index contributed by atoms with van der Waals surface area (Å²) in [5, 5.41) is 14.2. The lowest BCUT2D eigenvalue weighted by atomic mass is 10.3. The fraction of sp³-hybridized carbons (Fsp3) is 0.600. The molecule has 3 heterocycles. The van der Waals surface area contributed by atoms with Crippen molar-refractivity contribution >= 4 is 33.3 Å². The van der Waals surface area contributed by atoms with Gasteiger partial charge in [0.1, 0.15) is 10.6 Å². The minimum absolute atomic E-state index is 0.244. The molecular formula is C15H22N4OS. The van der Waals surface area contributed by atoms with Crippen molar-refractivity contribution in [1.29, 1.82) is 0 Å². The maximum absolute atomic E-state index is 9.80. The molecule has 1 saturated heterocycles. The Morgan fingerprint density at radius 2 is 2.29 bits per heavy atom. The number of aromatic nitrogens is 2. The van der Waals surface area contributed by atoms with Crippen molar-refractivity contribution in [2.45, 2.75) is 39.2 Å². The molecule has 0 spiro atoms. The first kappa shape index (κ1) is 14.5. The van der Waals surface area contributed by atoms with E-state index in [2.05, 4.69) is 35.1 Å². The minimum Gasteiger partial charge on any atom is -0.391 e. The van der Waals surface area contributed by atoms with Crippen molar-refractivity contribution in [1.82, 2.24) is 9.97 Å². The summed E-state index contributed by atoms with van der Waals surface area (Å²) in [7, 11) is 0. The van der Waals surface area contributed by atoms with Gasteiger partial charge in [0.25, 0.3) is 0 Å². The van der Waals surface area contributed by atoms with E-state index in [1.807, 2.05) is 0 Å². The molecule has 1 atom stereocenters. The minimum atomic E-state index is -0.244. The SMILES string of the molecule is CCCNc1nc(N2CCC(O)C2)c2cc(CC)sc2n1. The fourth-order valence-electron chi connectivity index (χ4n) is 2.62. The first-order chi connectivity index (χ1) is 10.2. The van der Waals surface area contributed by atoms with Gasteiger partial charge in [-0.25, -0.2) is 4.98 Å². The van der Waals surface area contributed by atoms with Crippen LogP contribution in [0.4, 0.5) is 11.8 Å². The number of β-amino-alcohol motifs (C(OH)–C–C–N with tert-alkyl or cyclic N) is 1. The summed E-state index contributed by atoms with van der Waals surface area (Å²) in [4.78, 5) is 13.9. The highest BCUT2D eigenvalue weighted by Crippen LogP contribution is 2.33. The zero-order valence-electron chi connectivity index (χ0n) is 12.6. The standard InChI is InChI=1S/C15H22N4OS/c1-3-6-16-15-17-13(19-7-5-10(20)9-19)12-8-11(4-2)21-14(12)18-15/h8,10,20H,3-7,9H2,1-2H3,(H,16,17,18). The first-order valence-electron chi connectivity index (χ1n) is 7.68. The normalized spacial score (nSPS) is 18.6. The van der Waals surface area contributed by atoms with E-state index in [4.69, 9.17) is 4.98 Å². The first-order valence-corrected chi connectivity index (χ1v) is 8.50. The molecule has 21 heavy (non-hydrogen) atoms. The van der Waals surface area contributed by atoms with E-state index in [0.717, 1.165) is 48.4 Å². The summed E-state index contributed by atoms with van der Waals surface area (Å²) in [6.45, 7) is 6.69. The third-order valence-electron chi connectivity index (χ3n) is 3.77. The number of aliphatic hydroxyl groups is 1. The topological polar surface area (TPSA) is 61.3 Å². The van der Waals surface area contributed by atoms with Gasteiger partial charge >= 0.3 is 0 Å². The number of aryl methyl sites for hydroxylation is 1. The van der Waals surface area contributed by atoms with Gasteiger partial charge in [-0.2, -0.15) is 4.98 Å². The van der Waals surface area contributed by atoms with E-state index in [0.29, 0.717) is 12.5 Å². The van der Waals surface area contributed by atoms with Crippen LogP contribution in [0.5, 0.6) is 0 Å². The van der Waals surface area contributed by atoms with E-state index in [1.165, 1.54) is 4.88 Å². The van der Waals surface area contributed by atoms with Crippen LogP contribution in [-0.2, 0) is 6.42 Å². The van der Waals surface area contributed by atoms with Crippen molar-refractivity contribution < 1.29 is 5.11 Å².